The first kappa shape index (κ1) is 12.9. The summed E-state index contributed by atoms with van der Waals surface area (Å²) in [6, 6.07) is 20.5. The quantitative estimate of drug-likeness (QED) is 0.606. The molecule has 0 fully saturated rings. The molecule has 0 aromatic heterocycles. The van der Waals surface area contributed by atoms with Crippen molar-refractivity contribution >= 4 is 22.5 Å². The van der Waals surface area contributed by atoms with Crippen LogP contribution in [0.3, 0.4) is 0 Å². The summed E-state index contributed by atoms with van der Waals surface area (Å²) in [6.45, 7) is 0. The number of hydrogen-bond donors (Lipinski definition) is 1. The molecule has 3 nitrogen and oxygen atoms in total. The summed E-state index contributed by atoms with van der Waals surface area (Å²) in [5.41, 5.74) is 6.27. The number of benzene rings is 3. The van der Waals surface area contributed by atoms with E-state index in [0.29, 0.717) is 0 Å². The van der Waals surface area contributed by atoms with Gasteiger partial charge in [0.15, 0.2) is 5.75 Å². The Kier molecular flexibility index (Phi) is 3.26. The van der Waals surface area contributed by atoms with Crippen LogP contribution in [0.15, 0.2) is 66.7 Å². The third kappa shape index (κ3) is 2.32. The van der Waals surface area contributed by atoms with Crippen LogP contribution in [0.5, 0.6) is 5.75 Å². The lowest BCUT2D eigenvalue weighted by atomic mass is 9.93. The molecule has 1 N–H and O–H groups in total. The molecule has 1 heterocycles. The van der Waals surface area contributed by atoms with E-state index in [1.54, 1.807) is 0 Å². The van der Waals surface area contributed by atoms with Gasteiger partial charge in [0.2, 0.25) is 0 Å². The van der Waals surface area contributed by atoms with Gasteiger partial charge in [-0.05, 0) is 40.5 Å². The molecule has 3 aromatic rings. The molecule has 0 atom stereocenters. The zero-order chi connectivity index (χ0) is 14.8. The normalized spacial score (nSPS) is 13.6. The van der Waals surface area contributed by atoms with E-state index >= 15 is 0 Å². The molecule has 0 spiro atoms. The minimum absolute atomic E-state index is 0.734. The van der Waals surface area contributed by atoms with Gasteiger partial charge in [0.25, 0.3) is 0 Å². The minimum atomic E-state index is 0.734. The molecule has 0 unspecified atom stereocenters. The lowest BCUT2D eigenvalue weighted by molar-refractivity contribution is -0.160. The fraction of sp³-hybridized carbons (Fsp3) is 0.0526. The van der Waals surface area contributed by atoms with Crippen molar-refractivity contribution in [1.82, 2.24) is 0 Å². The fourth-order valence-electron chi connectivity index (χ4n) is 2.81. The van der Waals surface area contributed by atoms with E-state index in [0.717, 1.165) is 17.9 Å². The molecule has 22 heavy (non-hydrogen) atoms. The zero-order valence-corrected chi connectivity index (χ0v) is 12.0. The Morgan fingerprint density at radius 2 is 1.73 bits per heavy atom. The highest BCUT2D eigenvalue weighted by molar-refractivity contribution is 5.94. The first-order chi connectivity index (χ1) is 10.9. The topological polar surface area (TPSA) is 30.5 Å². The highest BCUT2D eigenvalue weighted by atomic mass is 17.3. The maximum Gasteiger partial charge on any atom is 0.193 e. The van der Waals surface area contributed by atoms with Crippen molar-refractivity contribution in [2.45, 2.75) is 6.42 Å². The third-order valence-corrected chi connectivity index (χ3v) is 3.83. The first-order valence-electron chi connectivity index (χ1n) is 7.27. The number of para-hydroxylation sites is 2. The van der Waals surface area contributed by atoms with E-state index in [-0.39, 0.29) is 0 Å². The van der Waals surface area contributed by atoms with Gasteiger partial charge in [0, 0.05) is 0 Å². The number of anilines is 1. The summed E-state index contributed by atoms with van der Waals surface area (Å²) < 4.78 is 0. The SMILES string of the molecule is C1=Cc2cccc3cccc(c23)C1.c1ccc2c(c1)NOO2. The van der Waals surface area contributed by atoms with Crippen LogP contribution in [0, 0.1) is 0 Å². The van der Waals surface area contributed by atoms with E-state index in [9.17, 15) is 0 Å². The van der Waals surface area contributed by atoms with Crippen molar-refractivity contribution in [3.05, 3.63) is 77.9 Å². The van der Waals surface area contributed by atoms with Crippen LogP contribution in [0.25, 0.3) is 16.8 Å². The van der Waals surface area contributed by atoms with E-state index in [1.807, 2.05) is 24.3 Å². The number of hydrogen-bond acceptors (Lipinski definition) is 3. The van der Waals surface area contributed by atoms with Gasteiger partial charge in [-0.1, -0.05) is 65.7 Å². The molecule has 0 amide bonds. The molecule has 0 saturated carbocycles. The lowest BCUT2D eigenvalue weighted by Crippen LogP contribution is -1.91. The number of nitrogens with one attached hydrogen (secondary N) is 1. The first-order valence-corrected chi connectivity index (χ1v) is 7.27. The molecule has 0 radical (unpaired) electrons. The van der Waals surface area contributed by atoms with Crippen molar-refractivity contribution in [3.8, 4) is 5.75 Å². The molecule has 1 aliphatic heterocycles. The second-order valence-electron chi connectivity index (χ2n) is 5.23. The maximum atomic E-state index is 4.69. The zero-order valence-electron chi connectivity index (χ0n) is 12.0. The van der Waals surface area contributed by atoms with E-state index < -0.39 is 0 Å². The third-order valence-electron chi connectivity index (χ3n) is 3.83. The Labute approximate surface area is 128 Å². The minimum Gasteiger partial charge on any atom is -0.312 e. The fourth-order valence-corrected chi connectivity index (χ4v) is 2.81. The molecule has 108 valence electrons. The molecule has 3 aromatic carbocycles. The van der Waals surface area contributed by atoms with Gasteiger partial charge in [-0.25, -0.2) is 5.48 Å². The van der Waals surface area contributed by atoms with Crippen molar-refractivity contribution < 1.29 is 9.88 Å². The summed E-state index contributed by atoms with van der Waals surface area (Å²) in [6.07, 6.45) is 5.53. The second-order valence-corrected chi connectivity index (χ2v) is 5.23. The molecule has 0 saturated heterocycles. The van der Waals surface area contributed by atoms with Gasteiger partial charge >= 0.3 is 0 Å². The number of allylic oxidation sites excluding steroid dienone is 1. The van der Waals surface area contributed by atoms with Gasteiger partial charge in [-0.2, -0.15) is 0 Å². The Bertz CT molecular complexity index is 827. The van der Waals surface area contributed by atoms with Crippen molar-refractivity contribution in [2.75, 3.05) is 5.48 Å². The van der Waals surface area contributed by atoms with Crippen LogP contribution in [0.2, 0.25) is 0 Å². The van der Waals surface area contributed by atoms with Gasteiger partial charge in [-0.3, -0.25) is 0 Å². The van der Waals surface area contributed by atoms with E-state index in [2.05, 4.69) is 63.9 Å². The van der Waals surface area contributed by atoms with Crippen molar-refractivity contribution in [1.29, 1.82) is 0 Å². The average molecular weight is 289 g/mol. The molecule has 5 rings (SSSR count). The summed E-state index contributed by atoms with van der Waals surface area (Å²) in [4.78, 5) is 9.15. The van der Waals surface area contributed by atoms with Crippen LogP contribution in [0.1, 0.15) is 11.1 Å². The smallest absolute Gasteiger partial charge is 0.193 e. The summed E-state index contributed by atoms with van der Waals surface area (Å²) in [5.74, 6) is 0.734. The van der Waals surface area contributed by atoms with Crippen LogP contribution < -0.4 is 10.4 Å². The predicted molar refractivity (Wildman–Crippen MR) is 88.5 cm³/mol. The maximum absolute atomic E-state index is 4.69. The lowest BCUT2D eigenvalue weighted by Gasteiger charge is -2.11. The van der Waals surface area contributed by atoms with Crippen LogP contribution in [0.4, 0.5) is 5.69 Å². The molecule has 3 heteroatoms. The predicted octanol–water partition coefficient (Wildman–Crippen LogP) is 4.75. The summed E-state index contributed by atoms with van der Waals surface area (Å²) >= 11 is 0. The van der Waals surface area contributed by atoms with Gasteiger partial charge in [-0.15, -0.1) is 0 Å². The summed E-state index contributed by atoms with van der Waals surface area (Å²) in [5, 5.41) is 2.80. The Morgan fingerprint density at radius 1 is 0.864 bits per heavy atom. The Morgan fingerprint density at radius 3 is 2.64 bits per heavy atom. The van der Waals surface area contributed by atoms with Crippen LogP contribution >= 0.6 is 0 Å². The van der Waals surface area contributed by atoms with Crippen molar-refractivity contribution in [2.24, 2.45) is 0 Å². The van der Waals surface area contributed by atoms with E-state index in [4.69, 9.17) is 0 Å². The Hall–Kier alpha value is -2.78. The van der Waals surface area contributed by atoms with Crippen molar-refractivity contribution in [3.63, 3.8) is 0 Å². The second kappa shape index (κ2) is 5.54. The molecule has 1 aliphatic carbocycles. The largest absolute Gasteiger partial charge is 0.312 e. The standard InChI is InChI=1S/C13H10.C6H5NO2/c1-4-10-6-2-8-12-9-3-7-11(5-1)13(10)12;1-2-4-6-5(3-1)7-9-8-6/h1-8H,9H2;1-4,7H. The van der Waals surface area contributed by atoms with Crippen LogP contribution in [-0.4, -0.2) is 0 Å². The average Bonchev–Trinajstić information content (AvgIpc) is 3.05. The highest BCUT2D eigenvalue weighted by Gasteiger charge is 2.09. The molecular weight excluding hydrogens is 274 g/mol. The Balaban J connectivity index is 0.000000122. The monoisotopic (exact) mass is 289 g/mol. The van der Waals surface area contributed by atoms with Gasteiger partial charge in [0.05, 0.1) is 0 Å². The molecular formula is C19H15NO2. The van der Waals surface area contributed by atoms with Gasteiger partial charge < -0.3 is 4.89 Å². The highest BCUT2D eigenvalue weighted by Crippen LogP contribution is 2.28. The molecule has 0 bridgehead atoms. The number of fused-ring (bicyclic) bond motifs is 1. The number of rotatable bonds is 0. The van der Waals surface area contributed by atoms with Crippen LogP contribution in [-0.2, 0) is 11.4 Å². The van der Waals surface area contributed by atoms with Gasteiger partial charge in [0.1, 0.15) is 5.69 Å². The van der Waals surface area contributed by atoms with E-state index in [1.165, 1.54) is 21.9 Å². The summed E-state index contributed by atoms with van der Waals surface area (Å²) in [7, 11) is 0. The molecule has 2 aliphatic rings.